The van der Waals surface area contributed by atoms with Gasteiger partial charge in [-0.3, -0.25) is 20.3 Å². The van der Waals surface area contributed by atoms with Crippen molar-refractivity contribution in [3.05, 3.63) is 39.9 Å². The third kappa shape index (κ3) is 3.74. The minimum absolute atomic E-state index is 0.0843. The van der Waals surface area contributed by atoms with E-state index in [-0.39, 0.29) is 11.3 Å². The molecule has 0 spiro atoms. The minimum atomic E-state index is -0.634. The number of carbonyl (C=O) groups is 2. The summed E-state index contributed by atoms with van der Waals surface area (Å²) in [7, 11) is 0. The van der Waals surface area contributed by atoms with E-state index in [1.165, 1.54) is 18.2 Å². The molecule has 8 nitrogen and oxygen atoms in total. The van der Waals surface area contributed by atoms with Crippen molar-refractivity contribution in [1.29, 1.82) is 0 Å². The Hall–Kier alpha value is -2.64. The number of nitro benzene ring substituents is 1. The van der Waals surface area contributed by atoms with Crippen LogP contribution in [-0.2, 0) is 0 Å². The van der Waals surface area contributed by atoms with Crippen molar-refractivity contribution in [2.45, 2.75) is 6.92 Å². The Bertz CT molecular complexity index is 475. The highest BCUT2D eigenvalue weighted by Crippen LogP contribution is 2.12. The number of nitro groups is 1. The summed E-state index contributed by atoms with van der Waals surface area (Å²) in [5.41, 5.74) is 4.13. The van der Waals surface area contributed by atoms with Crippen LogP contribution in [0.1, 0.15) is 17.3 Å². The Balaban J connectivity index is 2.64. The standard InChI is InChI=1S/C10H12N4O4/c1-2-11-10(16)13-12-9(15)7-4-3-5-8(6-7)14(17)18/h3-6H,2H2,1H3,(H,12,15)(H2,11,13,16). The van der Waals surface area contributed by atoms with Crippen LogP contribution in [0.25, 0.3) is 0 Å². The Morgan fingerprint density at radius 1 is 1.33 bits per heavy atom. The molecule has 0 heterocycles. The molecule has 18 heavy (non-hydrogen) atoms. The molecule has 1 aromatic rings. The molecule has 3 amide bonds. The number of nitrogens with one attached hydrogen (secondary N) is 3. The van der Waals surface area contributed by atoms with E-state index in [4.69, 9.17) is 0 Å². The van der Waals surface area contributed by atoms with Gasteiger partial charge in [0.05, 0.1) is 4.92 Å². The van der Waals surface area contributed by atoms with Crippen molar-refractivity contribution in [3.63, 3.8) is 0 Å². The van der Waals surface area contributed by atoms with Crippen LogP contribution in [0.3, 0.4) is 0 Å². The number of nitrogens with zero attached hydrogens (tertiary/aromatic N) is 1. The first kappa shape index (κ1) is 13.4. The number of rotatable bonds is 3. The van der Waals surface area contributed by atoms with Crippen LogP contribution in [0.5, 0.6) is 0 Å². The van der Waals surface area contributed by atoms with Gasteiger partial charge in [-0.1, -0.05) is 6.07 Å². The van der Waals surface area contributed by atoms with E-state index in [2.05, 4.69) is 16.2 Å². The first-order valence-corrected chi connectivity index (χ1v) is 5.13. The molecule has 0 aliphatic carbocycles. The summed E-state index contributed by atoms with van der Waals surface area (Å²) < 4.78 is 0. The second-order valence-corrected chi connectivity index (χ2v) is 3.25. The summed E-state index contributed by atoms with van der Waals surface area (Å²) in [6, 6.07) is 4.63. The molecular formula is C10H12N4O4. The summed E-state index contributed by atoms with van der Waals surface area (Å²) >= 11 is 0. The average Bonchev–Trinajstić information content (AvgIpc) is 2.36. The molecule has 0 atom stereocenters. The van der Waals surface area contributed by atoms with Gasteiger partial charge in [-0.05, 0) is 13.0 Å². The third-order valence-corrected chi connectivity index (χ3v) is 1.95. The molecule has 1 aromatic carbocycles. The summed E-state index contributed by atoms with van der Waals surface area (Å²) in [4.78, 5) is 32.5. The molecule has 1 rings (SSSR count). The fourth-order valence-electron chi connectivity index (χ4n) is 1.15. The molecule has 0 aliphatic rings. The van der Waals surface area contributed by atoms with Gasteiger partial charge in [-0.15, -0.1) is 0 Å². The number of amides is 3. The first-order valence-electron chi connectivity index (χ1n) is 5.13. The lowest BCUT2D eigenvalue weighted by Crippen LogP contribution is -2.46. The van der Waals surface area contributed by atoms with E-state index in [0.717, 1.165) is 6.07 Å². The summed E-state index contributed by atoms with van der Waals surface area (Å²) in [5, 5.41) is 12.9. The van der Waals surface area contributed by atoms with Crippen LogP contribution in [0, 0.1) is 10.1 Å². The Labute approximate surface area is 102 Å². The average molecular weight is 252 g/mol. The number of urea groups is 1. The molecule has 0 fully saturated rings. The van der Waals surface area contributed by atoms with E-state index in [1.807, 2.05) is 0 Å². The topological polar surface area (TPSA) is 113 Å². The summed E-state index contributed by atoms with van der Waals surface area (Å²) in [5.74, 6) is -0.634. The van der Waals surface area contributed by atoms with Crippen LogP contribution in [0.4, 0.5) is 10.5 Å². The van der Waals surface area contributed by atoms with Gasteiger partial charge in [0.25, 0.3) is 11.6 Å². The number of hydrogen-bond donors (Lipinski definition) is 3. The minimum Gasteiger partial charge on any atom is -0.337 e. The van der Waals surface area contributed by atoms with Gasteiger partial charge >= 0.3 is 6.03 Å². The smallest absolute Gasteiger partial charge is 0.333 e. The normalized spacial score (nSPS) is 9.39. The fourth-order valence-corrected chi connectivity index (χ4v) is 1.15. The van der Waals surface area contributed by atoms with E-state index in [9.17, 15) is 19.7 Å². The zero-order valence-corrected chi connectivity index (χ0v) is 9.60. The maximum Gasteiger partial charge on any atom is 0.333 e. The summed E-state index contributed by atoms with van der Waals surface area (Å²) in [6.07, 6.45) is 0. The molecule has 0 saturated heterocycles. The van der Waals surface area contributed by atoms with Gasteiger partial charge < -0.3 is 5.32 Å². The Kier molecular flexibility index (Phi) is 4.61. The van der Waals surface area contributed by atoms with E-state index >= 15 is 0 Å². The molecule has 0 radical (unpaired) electrons. The maximum atomic E-state index is 11.6. The van der Waals surface area contributed by atoms with Crippen molar-refractivity contribution in [1.82, 2.24) is 16.2 Å². The molecular weight excluding hydrogens is 240 g/mol. The van der Waals surface area contributed by atoms with Gasteiger partial charge in [0.15, 0.2) is 0 Å². The number of hydrazine groups is 1. The molecule has 3 N–H and O–H groups in total. The van der Waals surface area contributed by atoms with Crippen LogP contribution in [0.15, 0.2) is 24.3 Å². The van der Waals surface area contributed by atoms with Gasteiger partial charge in [0.2, 0.25) is 0 Å². The molecule has 8 heteroatoms. The van der Waals surface area contributed by atoms with Gasteiger partial charge in [0, 0.05) is 24.2 Å². The first-order chi connectivity index (χ1) is 8.54. The highest BCUT2D eigenvalue weighted by atomic mass is 16.6. The van der Waals surface area contributed by atoms with Crippen molar-refractivity contribution in [2.75, 3.05) is 6.54 Å². The van der Waals surface area contributed by atoms with Crippen LogP contribution >= 0.6 is 0 Å². The second-order valence-electron chi connectivity index (χ2n) is 3.25. The highest BCUT2D eigenvalue weighted by Gasteiger charge is 2.11. The number of carbonyl (C=O) groups excluding carboxylic acids is 2. The van der Waals surface area contributed by atoms with Crippen molar-refractivity contribution in [2.24, 2.45) is 0 Å². The monoisotopic (exact) mass is 252 g/mol. The van der Waals surface area contributed by atoms with E-state index in [1.54, 1.807) is 6.92 Å². The van der Waals surface area contributed by atoms with Crippen LogP contribution < -0.4 is 16.2 Å². The van der Waals surface area contributed by atoms with Crippen LogP contribution in [-0.4, -0.2) is 23.4 Å². The lowest BCUT2D eigenvalue weighted by molar-refractivity contribution is -0.384. The van der Waals surface area contributed by atoms with E-state index < -0.39 is 16.9 Å². The third-order valence-electron chi connectivity index (χ3n) is 1.95. The Morgan fingerprint density at radius 3 is 2.67 bits per heavy atom. The predicted octanol–water partition coefficient (Wildman–Crippen LogP) is 0.559. The number of benzene rings is 1. The predicted molar refractivity (Wildman–Crippen MR) is 62.8 cm³/mol. The zero-order valence-electron chi connectivity index (χ0n) is 9.60. The van der Waals surface area contributed by atoms with Gasteiger partial charge in [-0.2, -0.15) is 0 Å². The van der Waals surface area contributed by atoms with Gasteiger partial charge in [-0.25, -0.2) is 10.2 Å². The molecule has 0 aliphatic heterocycles. The van der Waals surface area contributed by atoms with Gasteiger partial charge in [0.1, 0.15) is 0 Å². The highest BCUT2D eigenvalue weighted by molar-refractivity contribution is 5.95. The number of non-ortho nitro benzene ring substituents is 1. The van der Waals surface area contributed by atoms with E-state index in [0.29, 0.717) is 6.54 Å². The summed E-state index contributed by atoms with van der Waals surface area (Å²) in [6.45, 7) is 2.14. The lowest BCUT2D eigenvalue weighted by Gasteiger charge is -2.07. The zero-order chi connectivity index (χ0) is 13.5. The Morgan fingerprint density at radius 2 is 2.06 bits per heavy atom. The quantitative estimate of drug-likeness (QED) is 0.538. The molecule has 96 valence electrons. The van der Waals surface area contributed by atoms with Crippen molar-refractivity contribution < 1.29 is 14.5 Å². The van der Waals surface area contributed by atoms with Crippen LogP contribution in [0.2, 0.25) is 0 Å². The SMILES string of the molecule is CCNC(=O)NNC(=O)c1cccc([N+](=O)[O-])c1. The maximum absolute atomic E-state index is 11.6. The van der Waals surface area contributed by atoms with Crippen molar-refractivity contribution >= 4 is 17.6 Å². The lowest BCUT2D eigenvalue weighted by atomic mass is 10.2. The van der Waals surface area contributed by atoms with Crippen molar-refractivity contribution in [3.8, 4) is 0 Å². The molecule has 0 unspecified atom stereocenters. The largest absolute Gasteiger partial charge is 0.337 e. The second kappa shape index (κ2) is 6.18. The number of hydrogen-bond acceptors (Lipinski definition) is 4. The molecule has 0 bridgehead atoms. The molecule has 0 aromatic heterocycles. The fraction of sp³-hybridized carbons (Fsp3) is 0.200. The molecule has 0 saturated carbocycles.